The molecule has 0 unspecified atom stereocenters. The third kappa shape index (κ3) is 2.59. The van der Waals surface area contributed by atoms with E-state index in [1.807, 2.05) is 0 Å². The summed E-state index contributed by atoms with van der Waals surface area (Å²) < 4.78 is 0. The molecular formula is C14H15NO2S. The zero-order valence-electron chi connectivity index (χ0n) is 10.7. The largest absolute Gasteiger partial charge is 0.476 e. The summed E-state index contributed by atoms with van der Waals surface area (Å²) in [6.45, 7) is 6.25. The van der Waals surface area contributed by atoms with Crippen LogP contribution in [0.4, 0.5) is 0 Å². The number of aromatic nitrogens is 1. The van der Waals surface area contributed by atoms with Crippen LogP contribution in [0.3, 0.4) is 0 Å². The molecule has 0 radical (unpaired) electrons. The Labute approximate surface area is 110 Å². The van der Waals surface area contributed by atoms with Crippen molar-refractivity contribution in [1.29, 1.82) is 0 Å². The molecule has 3 nitrogen and oxygen atoms in total. The minimum absolute atomic E-state index is 0.136. The molecule has 18 heavy (non-hydrogen) atoms. The van der Waals surface area contributed by atoms with Gasteiger partial charge in [-0.1, -0.05) is 17.7 Å². The second kappa shape index (κ2) is 4.90. The lowest BCUT2D eigenvalue weighted by molar-refractivity contribution is 0.0691. The molecule has 1 aromatic heterocycles. The number of carbonyl (C=O) groups is 1. The number of aryl methyl sites for hydroxylation is 3. The molecular weight excluding hydrogens is 246 g/mol. The molecule has 0 aliphatic heterocycles. The lowest BCUT2D eigenvalue weighted by Crippen LogP contribution is -1.99. The number of thiazole rings is 1. The predicted molar refractivity (Wildman–Crippen MR) is 72.5 cm³/mol. The van der Waals surface area contributed by atoms with E-state index in [1.165, 1.54) is 33.6 Å². The smallest absolute Gasteiger partial charge is 0.355 e. The normalized spacial score (nSPS) is 10.6. The van der Waals surface area contributed by atoms with Crippen molar-refractivity contribution in [3.63, 3.8) is 0 Å². The van der Waals surface area contributed by atoms with Crippen molar-refractivity contribution >= 4 is 17.3 Å². The number of benzene rings is 1. The van der Waals surface area contributed by atoms with E-state index in [0.29, 0.717) is 6.42 Å². The van der Waals surface area contributed by atoms with E-state index >= 15 is 0 Å². The molecule has 0 bridgehead atoms. The Kier molecular flexibility index (Phi) is 3.48. The molecule has 1 heterocycles. The summed E-state index contributed by atoms with van der Waals surface area (Å²) in [6, 6.07) is 4.29. The maximum Gasteiger partial charge on any atom is 0.355 e. The lowest BCUT2D eigenvalue weighted by atomic mass is 9.98. The van der Waals surface area contributed by atoms with E-state index < -0.39 is 5.97 Å². The van der Waals surface area contributed by atoms with E-state index in [2.05, 4.69) is 37.9 Å². The van der Waals surface area contributed by atoms with Crippen LogP contribution < -0.4 is 0 Å². The van der Waals surface area contributed by atoms with Crippen molar-refractivity contribution in [2.75, 3.05) is 0 Å². The van der Waals surface area contributed by atoms with Gasteiger partial charge in [0.1, 0.15) is 0 Å². The molecule has 1 aromatic carbocycles. The average Bonchev–Trinajstić information content (AvgIpc) is 2.71. The van der Waals surface area contributed by atoms with Gasteiger partial charge in [-0.2, -0.15) is 0 Å². The Balaban J connectivity index is 2.31. The molecule has 0 saturated heterocycles. The number of carboxylic acids is 1. The van der Waals surface area contributed by atoms with Crippen LogP contribution in [0, 0.1) is 20.8 Å². The number of hydrogen-bond acceptors (Lipinski definition) is 3. The molecule has 0 saturated carbocycles. The van der Waals surface area contributed by atoms with Gasteiger partial charge in [0, 0.05) is 11.8 Å². The highest BCUT2D eigenvalue weighted by atomic mass is 32.1. The molecule has 94 valence electrons. The Morgan fingerprint density at radius 1 is 1.28 bits per heavy atom. The Morgan fingerprint density at radius 2 is 1.89 bits per heavy atom. The van der Waals surface area contributed by atoms with Crippen molar-refractivity contribution in [3.05, 3.63) is 50.5 Å². The molecule has 1 N–H and O–H groups in total. The molecule has 0 atom stereocenters. The fraction of sp³-hybridized carbons (Fsp3) is 0.286. The summed E-state index contributed by atoms with van der Waals surface area (Å²) in [7, 11) is 0. The van der Waals surface area contributed by atoms with Gasteiger partial charge < -0.3 is 5.11 Å². The van der Waals surface area contributed by atoms with Crippen LogP contribution in [0.5, 0.6) is 0 Å². The van der Waals surface area contributed by atoms with Crippen molar-refractivity contribution in [1.82, 2.24) is 4.98 Å². The highest BCUT2D eigenvalue weighted by Gasteiger charge is 2.11. The van der Waals surface area contributed by atoms with Gasteiger partial charge in [-0.05, 0) is 37.5 Å². The van der Waals surface area contributed by atoms with Crippen molar-refractivity contribution in [3.8, 4) is 0 Å². The predicted octanol–water partition coefficient (Wildman–Crippen LogP) is 3.36. The van der Waals surface area contributed by atoms with Gasteiger partial charge in [-0.25, -0.2) is 9.78 Å². The van der Waals surface area contributed by atoms with Gasteiger partial charge in [-0.3, -0.25) is 0 Å². The summed E-state index contributed by atoms with van der Waals surface area (Å²) in [5.74, 6) is -0.963. The summed E-state index contributed by atoms with van der Waals surface area (Å²) in [6.07, 6.45) is 0.704. The number of carboxylic acid groups (broad SMARTS) is 1. The topological polar surface area (TPSA) is 50.2 Å². The van der Waals surface area contributed by atoms with E-state index in [9.17, 15) is 4.79 Å². The Bertz CT molecular complexity index is 579. The van der Waals surface area contributed by atoms with E-state index in [-0.39, 0.29) is 5.69 Å². The SMILES string of the molecule is Cc1cc(C)c(Cc2nc(C(=O)O)cs2)c(C)c1. The van der Waals surface area contributed by atoms with Crippen LogP contribution in [0.15, 0.2) is 17.5 Å². The standard InChI is InChI=1S/C14H15NO2S/c1-8-4-9(2)11(10(3)5-8)6-13-15-12(7-18-13)14(16)17/h4-5,7H,6H2,1-3H3,(H,16,17). The molecule has 0 aliphatic carbocycles. The van der Waals surface area contributed by atoms with Crippen molar-refractivity contribution < 1.29 is 9.90 Å². The fourth-order valence-electron chi connectivity index (χ4n) is 2.13. The fourth-order valence-corrected chi connectivity index (χ4v) is 2.91. The van der Waals surface area contributed by atoms with E-state index in [1.54, 1.807) is 5.38 Å². The number of hydrogen-bond donors (Lipinski definition) is 1. The molecule has 2 aromatic rings. The summed E-state index contributed by atoms with van der Waals surface area (Å²) in [5.41, 5.74) is 5.10. The first kappa shape index (κ1) is 12.8. The molecule has 2 rings (SSSR count). The van der Waals surface area contributed by atoms with Crippen LogP contribution >= 0.6 is 11.3 Å². The molecule has 0 aliphatic rings. The van der Waals surface area contributed by atoms with Crippen LogP contribution in [-0.2, 0) is 6.42 Å². The van der Waals surface area contributed by atoms with Crippen molar-refractivity contribution in [2.24, 2.45) is 0 Å². The first-order valence-electron chi connectivity index (χ1n) is 5.72. The number of rotatable bonds is 3. The lowest BCUT2D eigenvalue weighted by Gasteiger charge is -2.09. The van der Waals surface area contributed by atoms with Gasteiger partial charge in [0.05, 0.1) is 5.01 Å². The highest BCUT2D eigenvalue weighted by Crippen LogP contribution is 2.22. The molecule has 4 heteroatoms. The second-order valence-corrected chi connectivity index (χ2v) is 5.43. The maximum atomic E-state index is 10.8. The average molecular weight is 261 g/mol. The van der Waals surface area contributed by atoms with Gasteiger partial charge in [-0.15, -0.1) is 11.3 Å². The minimum Gasteiger partial charge on any atom is -0.476 e. The van der Waals surface area contributed by atoms with Gasteiger partial charge in [0.2, 0.25) is 0 Å². The van der Waals surface area contributed by atoms with Gasteiger partial charge >= 0.3 is 5.97 Å². The quantitative estimate of drug-likeness (QED) is 0.921. The van der Waals surface area contributed by atoms with Crippen LogP contribution in [0.2, 0.25) is 0 Å². The Hall–Kier alpha value is -1.68. The van der Waals surface area contributed by atoms with Gasteiger partial charge in [0.25, 0.3) is 0 Å². The summed E-state index contributed by atoms with van der Waals surface area (Å²) in [5, 5.41) is 11.3. The number of nitrogens with zero attached hydrogens (tertiary/aromatic N) is 1. The second-order valence-electron chi connectivity index (χ2n) is 4.49. The van der Waals surface area contributed by atoms with Crippen molar-refractivity contribution in [2.45, 2.75) is 27.2 Å². The summed E-state index contributed by atoms with van der Waals surface area (Å²) in [4.78, 5) is 14.9. The first-order chi connectivity index (χ1) is 8.47. The first-order valence-corrected chi connectivity index (χ1v) is 6.59. The number of aromatic carboxylic acids is 1. The zero-order valence-corrected chi connectivity index (χ0v) is 11.5. The Morgan fingerprint density at radius 3 is 2.39 bits per heavy atom. The van der Waals surface area contributed by atoms with Gasteiger partial charge in [0.15, 0.2) is 5.69 Å². The highest BCUT2D eigenvalue weighted by molar-refractivity contribution is 7.09. The molecule has 0 fully saturated rings. The molecule has 0 spiro atoms. The molecule has 0 amide bonds. The maximum absolute atomic E-state index is 10.8. The summed E-state index contributed by atoms with van der Waals surface area (Å²) >= 11 is 1.40. The zero-order chi connectivity index (χ0) is 13.3. The minimum atomic E-state index is -0.963. The van der Waals surface area contributed by atoms with Crippen LogP contribution in [-0.4, -0.2) is 16.1 Å². The van der Waals surface area contributed by atoms with Crippen LogP contribution in [0.25, 0.3) is 0 Å². The van der Waals surface area contributed by atoms with Crippen LogP contribution in [0.1, 0.15) is 37.7 Å². The van der Waals surface area contributed by atoms with E-state index in [4.69, 9.17) is 5.11 Å². The van der Waals surface area contributed by atoms with E-state index in [0.717, 1.165) is 5.01 Å². The third-order valence-electron chi connectivity index (χ3n) is 2.94. The third-order valence-corrected chi connectivity index (χ3v) is 3.79. The monoisotopic (exact) mass is 261 g/mol.